The molecule has 26 heavy (non-hydrogen) atoms. The predicted octanol–water partition coefficient (Wildman–Crippen LogP) is 4.03. The number of aryl methyl sites for hydroxylation is 1. The summed E-state index contributed by atoms with van der Waals surface area (Å²) >= 11 is 3.18. The second kappa shape index (κ2) is 7.36. The molecule has 2 aromatic rings. The topological polar surface area (TPSA) is 75.5 Å². The van der Waals surface area contributed by atoms with E-state index >= 15 is 0 Å². The number of rotatable bonds is 4. The van der Waals surface area contributed by atoms with Gasteiger partial charge in [0.2, 0.25) is 5.91 Å². The Labute approximate surface area is 156 Å². The highest BCUT2D eigenvalue weighted by Gasteiger charge is 2.24. The zero-order chi connectivity index (χ0) is 18.8. The molecular weight excluding hydrogens is 412 g/mol. The highest BCUT2D eigenvalue weighted by atomic mass is 79.9. The molecule has 0 saturated heterocycles. The largest absolute Gasteiger partial charge is 0.360 e. The van der Waals surface area contributed by atoms with Crippen molar-refractivity contribution in [2.45, 2.75) is 12.8 Å². The van der Waals surface area contributed by atoms with E-state index in [9.17, 15) is 23.7 Å². The maximum Gasteiger partial charge on any atom is 0.270 e. The molecule has 136 valence electrons. The number of benzene rings is 2. The van der Waals surface area contributed by atoms with Crippen molar-refractivity contribution >= 4 is 38.9 Å². The second-order valence-electron chi connectivity index (χ2n) is 5.89. The molecule has 0 bridgehead atoms. The van der Waals surface area contributed by atoms with E-state index in [-0.39, 0.29) is 17.9 Å². The lowest BCUT2D eigenvalue weighted by Crippen LogP contribution is -2.37. The van der Waals surface area contributed by atoms with Crippen molar-refractivity contribution in [2.75, 3.05) is 23.3 Å². The van der Waals surface area contributed by atoms with Gasteiger partial charge in [0, 0.05) is 29.2 Å². The van der Waals surface area contributed by atoms with Crippen LogP contribution in [0.5, 0.6) is 0 Å². The van der Waals surface area contributed by atoms with E-state index < -0.39 is 22.5 Å². The SMILES string of the molecule is O=C(CN1CCCc2cc(F)cc(F)c21)Nc1ccc([N+](=O)[O-])cc1Br. The molecule has 6 nitrogen and oxygen atoms in total. The van der Waals surface area contributed by atoms with Crippen LogP contribution in [0.3, 0.4) is 0 Å². The highest BCUT2D eigenvalue weighted by molar-refractivity contribution is 9.10. The molecule has 0 aliphatic carbocycles. The summed E-state index contributed by atoms with van der Waals surface area (Å²) in [6, 6.07) is 6.07. The molecule has 1 amide bonds. The third-order valence-corrected chi connectivity index (χ3v) is 4.73. The van der Waals surface area contributed by atoms with Crippen molar-refractivity contribution < 1.29 is 18.5 Å². The standard InChI is InChI=1S/C17H14BrF2N3O3/c18-13-8-12(23(25)26)3-4-15(13)21-16(24)9-22-5-1-2-10-6-11(19)7-14(20)17(10)22/h3-4,6-8H,1-2,5,9H2,(H,21,24). The Kier molecular flexibility index (Phi) is 5.17. The molecule has 0 atom stereocenters. The molecule has 2 aromatic carbocycles. The number of non-ortho nitro benzene ring substituents is 1. The number of carbonyl (C=O) groups excluding carboxylic acids is 1. The monoisotopic (exact) mass is 425 g/mol. The number of fused-ring (bicyclic) bond motifs is 1. The quantitative estimate of drug-likeness (QED) is 0.592. The molecule has 0 saturated carbocycles. The van der Waals surface area contributed by atoms with Crippen LogP contribution in [0.1, 0.15) is 12.0 Å². The van der Waals surface area contributed by atoms with Gasteiger partial charge < -0.3 is 10.2 Å². The van der Waals surface area contributed by atoms with Gasteiger partial charge in [-0.3, -0.25) is 14.9 Å². The molecule has 0 radical (unpaired) electrons. The Morgan fingerprint density at radius 1 is 1.31 bits per heavy atom. The lowest BCUT2D eigenvalue weighted by atomic mass is 10.0. The van der Waals surface area contributed by atoms with Crippen molar-refractivity contribution in [1.29, 1.82) is 0 Å². The summed E-state index contributed by atoms with van der Waals surface area (Å²) in [6.07, 6.45) is 1.24. The zero-order valence-corrected chi connectivity index (χ0v) is 15.1. The second-order valence-corrected chi connectivity index (χ2v) is 6.74. The Hall–Kier alpha value is -2.55. The molecule has 9 heteroatoms. The van der Waals surface area contributed by atoms with Crippen molar-refractivity contribution in [3.63, 3.8) is 0 Å². The molecule has 3 rings (SSSR count). The van der Waals surface area contributed by atoms with Gasteiger partial charge in [0.25, 0.3) is 5.69 Å². The van der Waals surface area contributed by atoms with Gasteiger partial charge in [-0.15, -0.1) is 0 Å². The van der Waals surface area contributed by atoms with Crippen molar-refractivity contribution in [2.24, 2.45) is 0 Å². The van der Waals surface area contributed by atoms with Gasteiger partial charge in [-0.2, -0.15) is 0 Å². The zero-order valence-electron chi connectivity index (χ0n) is 13.5. The number of hydrogen-bond donors (Lipinski definition) is 1. The summed E-state index contributed by atoms with van der Waals surface area (Å²) in [5, 5.41) is 13.4. The average molecular weight is 426 g/mol. The predicted molar refractivity (Wildman–Crippen MR) is 96.3 cm³/mol. The summed E-state index contributed by atoms with van der Waals surface area (Å²) in [7, 11) is 0. The lowest BCUT2D eigenvalue weighted by molar-refractivity contribution is -0.384. The summed E-state index contributed by atoms with van der Waals surface area (Å²) in [4.78, 5) is 24.1. The summed E-state index contributed by atoms with van der Waals surface area (Å²) in [5.41, 5.74) is 1.05. The number of nitrogens with zero attached hydrogens (tertiary/aromatic N) is 2. The molecule has 0 unspecified atom stereocenters. The fraction of sp³-hybridized carbons (Fsp3) is 0.235. The number of carbonyl (C=O) groups is 1. The first-order valence-corrected chi connectivity index (χ1v) is 8.61. The first kappa shape index (κ1) is 18.2. The molecule has 1 heterocycles. The fourth-order valence-electron chi connectivity index (χ4n) is 2.98. The molecule has 1 aliphatic rings. The van der Waals surface area contributed by atoms with Crippen LogP contribution in [0.15, 0.2) is 34.8 Å². The number of amides is 1. The molecule has 1 aliphatic heterocycles. The summed E-state index contributed by atoms with van der Waals surface area (Å²) in [5.74, 6) is -1.73. The Bertz CT molecular complexity index is 892. The van der Waals surface area contributed by atoms with E-state index in [1.54, 1.807) is 4.90 Å². The minimum atomic E-state index is -0.691. The summed E-state index contributed by atoms with van der Waals surface area (Å²) in [6.45, 7) is 0.364. The van der Waals surface area contributed by atoms with Crippen LogP contribution in [-0.4, -0.2) is 23.9 Å². The Morgan fingerprint density at radius 3 is 2.77 bits per heavy atom. The minimum Gasteiger partial charge on any atom is -0.360 e. The van der Waals surface area contributed by atoms with E-state index in [0.717, 1.165) is 6.07 Å². The maximum atomic E-state index is 14.2. The van der Waals surface area contributed by atoms with Gasteiger partial charge in [-0.1, -0.05) is 0 Å². The van der Waals surface area contributed by atoms with Crippen LogP contribution >= 0.6 is 15.9 Å². The fourth-order valence-corrected chi connectivity index (χ4v) is 3.44. The molecule has 0 spiro atoms. The van der Waals surface area contributed by atoms with Crippen LogP contribution in [0.4, 0.5) is 25.8 Å². The Morgan fingerprint density at radius 2 is 2.08 bits per heavy atom. The highest BCUT2D eigenvalue weighted by Crippen LogP contribution is 2.31. The number of anilines is 2. The van der Waals surface area contributed by atoms with Gasteiger partial charge in [-0.05, 0) is 46.5 Å². The van der Waals surface area contributed by atoms with Gasteiger partial charge in [0.15, 0.2) is 0 Å². The summed E-state index contributed by atoms with van der Waals surface area (Å²) < 4.78 is 27.9. The third kappa shape index (κ3) is 3.82. The lowest BCUT2D eigenvalue weighted by Gasteiger charge is -2.31. The van der Waals surface area contributed by atoms with Gasteiger partial charge in [0.1, 0.15) is 11.6 Å². The maximum absolute atomic E-state index is 14.2. The van der Waals surface area contributed by atoms with Gasteiger partial charge in [0.05, 0.1) is 22.8 Å². The van der Waals surface area contributed by atoms with Crippen LogP contribution in [0.25, 0.3) is 0 Å². The van der Waals surface area contributed by atoms with Crippen LogP contribution in [0, 0.1) is 21.7 Å². The van der Waals surface area contributed by atoms with Crippen LogP contribution in [-0.2, 0) is 11.2 Å². The average Bonchev–Trinajstić information content (AvgIpc) is 2.56. The van der Waals surface area contributed by atoms with E-state index in [1.165, 1.54) is 24.3 Å². The molecule has 0 aromatic heterocycles. The number of nitro groups is 1. The number of nitro benzene ring substituents is 1. The number of nitrogens with one attached hydrogen (secondary N) is 1. The minimum absolute atomic E-state index is 0.107. The molecule has 0 fully saturated rings. The molecular formula is C17H14BrF2N3O3. The number of halogens is 3. The van der Waals surface area contributed by atoms with Crippen molar-refractivity contribution in [1.82, 2.24) is 0 Å². The van der Waals surface area contributed by atoms with Gasteiger partial charge >= 0.3 is 0 Å². The van der Waals surface area contributed by atoms with Gasteiger partial charge in [-0.25, -0.2) is 8.78 Å². The van der Waals surface area contributed by atoms with E-state index in [0.29, 0.717) is 35.1 Å². The van der Waals surface area contributed by atoms with E-state index in [2.05, 4.69) is 21.2 Å². The number of hydrogen-bond acceptors (Lipinski definition) is 4. The van der Waals surface area contributed by atoms with E-state index in [1.807, 2.05) is 0 Å². The molecule has 1 N–H and O–H groups in total. The van der Waals surface area contributed by atoms with Crippen molar-refractivity contribution in [3.8, 4) is 0 Å². The Balaban J connectivity index is 1.75. The normalized spacial score (nSPS) is 13.3. The van der Waals surface area contributed by atoms with Crippen LogP contribution in [0.2, 0.25) is 0 Å². The van der Waals surface area contributed by atoms with Crippen LogP contribution < -0.4 is 10.2 Å². The first-order chi connectivity index (χ1) is 12.3. The first-order valence-electron chi connectivity index (χ1n) is 7.82. The third-order valence-electron chi connectivity index (χ3n) is 4.07. The van der Waals surface area contributed by atoms with E-state index in [4.69, 9.17) is 0 Å². The van der Waals surface area contributed by atoms with Crippen molar-refractivity contribution in [3.05, 3.63) is 62.1 Å². The smallest absolute Gasteiger partial charge is 0.270 e.